The van der Waals surface area contributed by atoms with E-state index in [0.29, 0.717) is 25.1 Å². The monoisotopic (exact) mass is 570 g/mol. The van der Waals surface area contributed by atoms with Crippen LogP contribution in [0.5, 0.6) is 5.75 Å². The molecule has 0 fully saturated rings. The Hall–Kier alpha value is -4.19. The molecule has 2 atom stereocenters. The van der Waals surface area contributed by atoms with Crippen molar-refractivity contribution >= 4 is 30.0 Å². The van der Waals surface area contributed by atoms with Gasteiger partial charge in [-0.3, -0.25) is 14.4 Å². The summed E-state index contributed by atoms with van der Waals surface area (Å²) >= 11 is 0. The van der Waals surface area contributed by atoms with Crippen molar-refractivity contribution in [3.63, 3.8) is 0 Å². The van der Waals surface area contributed by atoms with Crippen LogP contribution in [0.4, 0.5) is 11.4 Å². The van der Waals surface area contributed by atoms with Gasteiger partial charge in [0, 0.05) is 42.4 Å². The number of nitrogens with one attached hydrogen (secondary N) is 1. The lowest BCUT2D eigenvalue weighted by Crippen LogP contribution is -2.22. The molecule has 1 amide bonds. The average molecular weight is 571 g/mol. The summed E-state index contributed by atoms with van der Waals surface area (Å²) in [6, 6.07) is 23.7. The topological polar surface area (TPSA) is 75.7 Å². The number of para-hydroxylation sites is 1. The van der Waals surface area contributed by atoms with E-state index in [-0.39, 0.29) is 17.6 Å². The van der Waals surface area contributed by atoms with Crippen LogP contribution in [0, 0.1) is 6.92 Å². The lowest BCUT2D eigenvalue weighted by molar-refractivity contribution is -0.120. The minimum atomic E-state index is 0.0903. The fourth-order valence-corrected chi connectivity index (χ4v) is 5.37. The summed E-state index contributed by atoms with van der Waals surface area (Å²) < 4.78 is 4.87. The molecule has 224 valence electrons. The van der Waals surface area contributed by atoms with Crippen LogP contribution in [-0.4, -0.2) is 31.8 Å². The summed E-state index contributed by atoms with van der Waals surface area (Å²) in [6.07, 6.45) is 2.07. The predicted octanol–water partition coefficient (Wildman–Crippen LogP) is 8.22. The van der Waals surface area contributed by atoms with Crippen LogP contribution in [0.25, 0.3) is 0 Å². The maximum Gasteiger partial charge on any atom is 0.298 e. The first-order chi connectivity index (χ1) is 20.3. The third-order valence-corrected chi connectivity index (χ3v) is 7.59. The molecule has 1 aliphatic carbocycles. The zero-order chi connectivity index (χ0) is 31.1. The lowest BCUT2D eigenvalue weighted by Gasteiger charge is -2.29. The molecule has 0 bridgehead atoms. The van der Waals surface area contributed by atoms with Gasteiger partial charge < -0.3 is 15.0 Å². The summed E-state index contributed by atoms with van der Waals surface area (Å²) in [4.78, 5) is 35.9. The summed E-state index contributed by atoms with van der Waals surface area (Å²) in [6.45, 7) is 16.9. The van der Waals surface area contributed by atoms with Crippen LogP contribution in [0.1, 0.15) is 82.9 Å². The predicted molar refractivity (Wildman–Crippen MR) is 173 cm³/mol. The minimum Gasteiger partial charge on any atom is -0.429 e. The van der Waals surface area contributed by atoms with Gasteiger partial charge in [0.1, 0.15) is 5.75 Å². The Kier molecular flexibility index (Phi) is 14.2. The fraction of sp³-hybridized carbons (Fsp3) is 0.361. The molecule has 1 aliphatic rings. The first-order valence-electron chi connectivity index (χ1n) is 14.9. The molecule has 0 saturated heterocycles. The Balaban J connectivity index is 0.000000431. The number of nitrogens with zero attached hydrogens (tertiary/aromatic N) is 1. The van der Waals surface area contributed by atoms with Crippen LogP contribution < -0.4 is 15.0 Å². The van der Waals surface area contributed by atoms with Crippen LogP contribution >= 0.6 is 0 Å². The summed E-state index contributed by atoms with van der Waals surface area (Å²) in [7, 11) is 0. The van der Waals surface area contributed by atoms with Crippen molar-refractivity contribution in [2.24, 2.45) is 0 Å². The van der Waals surface area contributed by atoms with Gasteiger partial charge in [-0.05, 0) is 87.1 Å². The number of ketones is 1. The third-order valence-electron chi connectivity index (χ3n) is 7.59. The van der Waals surface area contributed by atoms with Gasteiger partial charge in [0.05, 0.1) is 0 Å². The molecule has 3 aromatic carbocycles. The Morgan fingerprint density at radius 3 is 2.05 bits per heavy atom. The molecule has 42 heavy (non-hydrogen) atoms. The first kappa shape index (κ1) is 34.0. The van der Waals surface area contributed by atoms with E-state index in [1.807, 2.05) is 57.2 Å². The maximum absolute atomic E-state index is 13.1. The highest BCUT2D eigenvalue weighted by Gasteiger charge is 2.30. The smallest absolute Gasteiger partial charge is 0.298 e. The molecule has 0 spiro atoms. The fourth-order valence-electron chi connectivity index (χ4n) is 5.37. The van der Waals surface area contributed by atoms with E-state index in [0.717, 1.165) is 41.9 Å². The molecular weight excluding hydrogens is 524 g/mol. The van der Waals surface area contributed by atoms with E-state index in [1.54, 1.807) is 12.1 Å². The Morgan fingerprint density at radius 1 is 0.905 bits per heavy atom. The number of hydrogen-bond donors (Lipinski definition) is 1. The Morgan fingerprint density at radius 2 is 1.52 bits per heavy atom. The zero-order valence-electron chi connectivity index (χ0n) is 26.1. The van der Waals surface area contributed by atoms with Crippen molar-refractivity contribution in [3.8, 4) is 5.75 Å². The number of amides is 1. The van der Waals surface area contributed by atoms with Gasteiger partial charge in [-0.15, -0.1) is 0 Å². The van der Waals surface area contributed by atoms with E-state index in [1.165, 1.54) is 16.8 Å². The molecule has 0 aliphatic heterocycles. The first-order valence-corrected chi connectivity index (χ1v) is 14.9. The number of Topliss-reactive ketones (excluding diaryl/α,β-unsaturated/α-hetero) is 1. The number of allylic oxidation sites excluding steroid dienone is 2. The molecule has 4 rings (SSSR count). The third kappa shape index (κ3) is 9.16. The normalized spacial score (nSPS) is 14.8. The van der Waals surface area contributed by atoms with Gasteiger partial charge in [0.15, 0.2) is 5.78 Å². The van der Waals surface area contributed by atoms with Crippen molar-refractivity contribution in [3.05, 3.63) is 101 Å². The zero-order valence-corrected chi connectivity index (χ0v) is 26.1. The number of carbonyl (C=O) groups is 3. The number of aryl methyl sites for hydroxylation is 1. The van der Waals surface area contributed by atoms with Crippen LogP contribution in [0.3, 0.4) is 0 Å². The van der Waals surface area contributed by atoms with Gasteiger partial charge in [0.2, 0.25) is 6.41 Å². The number of hydrogen-bond acceptors (Lipinski definition) is 5. The average Bonchev–Trinajstić information content (AvgIpc) is 3.01. The SMILES string of the molecule is CC.CCN(CC)c1ccc(C(C)C2=C(C)CC(c3ccc(OC=O)cc3)CC2=O)cc1.Cc1ccccc1NC=O. The van der Waals surface area contributed by atoms with Gasteiger partial charge >= 0.3 is 0 Å². The number of carbonyl (C=O) groups excluding carboxylic acids is 3. The highest BCUT2D eigenvalue weighted by molar-refractivity contribution is 5.99. The number of ether oxygens (including phenoxy) is 1. The molecule has 6 heteroatoms. The number of benzene rings is 3. The van der Waals surface area contributed by atoms with Crippen molar-refractivity contribution in [1.29, 1.82) is 0 Å². The molecule has 0 saturated carbocycles. The summed E-state index contributed by atoms with van der Waals surface area (Å²) in [5.74, 6) is 1.01. The highest BCUT2D eigenvalue weighted by Crippen LogP contribution is 2.40. The van der Waals surface area contributed by atoms with Gasteiger partial charge in [-0.2, -0.15) is 0 Å². The molecule has 0 radical (unpaired) electrons. The van der Waals surface area contributed by atoms with E-state index in [4.69, 9.17) is 4.74 Å². The second kappa shape index (κ2) is 17.6. The second-order valence-electron chi connectivity index (χ2n) is 10.1. The molecule has 3 aromatic rings. The number of rotatable bonds is 10. The molecule has 0 aromatic heterocycles. The van der Waals surface area contributed by atoms with Gasteiger partial charge in [-0.25, -0.2) is 0 Å². The Labute approximate surface area is 251 Å². The van der Waals surface area contributed by atoms with E-state index in [2.05, 4.69) is 62.2 Å². The molecular formula is C36H46N2O4. The number of anilines is 2. The molecule has 1 N–H and O–H groups in total. The second-order valence-corrected chi connectivity index (χ2v) is 10.1. The minimum absolute atomic E-state index is 0.0903. The van der Waals surface area contributed by atoms with E-state index in [9.17, 15) is 14.4 Å². The van der Waals surface area contributed by atoms with Gasteiger partial charge in [0.25, 0.3) is 6.47 Å². The molecule has 6 nitrogen and oxygen atoms in total. The highest BCUT2D eigenvalue weighted by atomic mass is 16.5. The van der Waals surface area contributed by atoms with E-state index < -0.39 is 0 Å². The van der Waals surface area contributed by atoms with Crippen molar-refractivity contribution in [2.45, 2.75) is 73.1 Å². The van der Waals surface area contributed by atoms with Gasteiger partial charge in [-0.1, -0.05) is 68.8 Å². The molecule has 0 heterocycles. The Bertz CT molecular complexity index is 1310. The maximum atomic E-state index is 13.1. The summed E-state index contributed by atoms with van der Waals surface area (Å²) in [5, 5.41) is 2.60. The quantitative estimate of drug-likeness (QED) is 0.249. The van der Waals surface area contributed by atoms with Crippen LogP contribution in [-0.2, 0) is 14.4 Å². The van der Waals surface area contributed by atoms with Crippen molar-refractivity contribution in [1.82, 2.24) is 0 Å². The van der Waals surface area contributed by atoms with Crippen LogP contribution in [0.15, 0.2) is 83.9 Å². The largest absolute Gasteiger partial charge is 0.429 e. The molecule has 2 unspecified atom stereocenters. The standard InChI is InChI=1S/C26H31NO3.C8H9NO.C2H6/c1-5-27(6-2)23-11-7-20(8-12-23)19(4)26-18(3)15-22(16-25(26)29)21-9-13-24(14-10-21)30-17-28;1-7-4-2-3-5-8(7)9-6-10;1-2/h7-14,17,19,22H,5-6,15-16H2,1-4H3;2-6H,1H3,(H,9,10);1-2H3. The van der Waals surface area contributed by atoms with Crippen molar-refractivity contribution in [2.75, 3.05) is 23.3 Å². The lowest BCUT2D eigenvalue weighted by atomic mass is 9.75. The van der Waals surface area contributed by atoms with Crippen LogP contribution in [0.2, 0.25) is 0 Å². The van der Waals surface area contributed by atoms with Crippen molar-refractivity contribution < 1.29 is 19.1 Å². The van der Waals surface area contributed by atoms with E-state index >= 15 is 0 Å². The summed E-state index contributed by atoms with van der Waals surface area (Å²) in [5.41, 5.74) is 7.59.